The number of hydrogen-bond donors (Lipinski definition) is 3. The third-order valence-corrected chi connectivity index (χ3v) is 7.64. The zero-order valence-electron chi connectivity index (χ0n) is 29.2. The van der Waals surface area contributed by atoms with Crippen molar-refractivity contribution in [2.24, 2.45) is 5.73 Å². The zero-order chi connectivity index (χ0) is 40.5. The van der Waals surface area contributed by atoms with E-state index in [4.69, 9.17) is 37.8 Å². The lowest BCUT2D eigenvalue weighted by Gasteiger charge is -2.23. The molecule has 4 aromatic carbocycles. The first-order chi connectivity index (χ1) is 27.0. The molecule has 0 radical (unpaired) electrons. The Hall–Kier alpha value is -5.65. The maximum atomic E-state index is 14.7. The first-order valence-electron chi connectivity index (χ1n) is 16.6. The van der Waals surface area contributed by atoms with Crippen LogP contribution >= 0.6 is 23.2 Å². The topological polar surface area (TPSA) is 148 Å². The first kappa shape index (κ1) is 43.1. The van der Waals surface area contributed by atoms with Gasteiger partial charge in [0.25, 0.3) is 11.8 Å². The highest BCUT2D eigenvalue weighted by atomic mass is 35.5. The van der Waals surface area contributed by atoms with Crippen LogP contribution in [0.1, 0.15) is 35.8 Å². The summed E-state index contributed by atoms with van der Waals surface area (Å²) in [5.74, 6) is -2.30. The highest BCUT2D eigenvalue weighted by molar-refractivity contribution is 6.18. The Bertz CT molecular complexity index is 2090. The van der Waals surface area contributed by atoms with Gasteiger partial charge in [-0.15, -0.1) is 43.6 Å². The largest absolute Gasteiger partial charge is 0.415 e. The number of hydrogen-bond acceptors (Lipinski definition) is 9. The van der Waals surface area contributed by atoms with E-state index >= 15 is 0 Å². The molecule has 11 nitrogen and oxygen atoms in total. The minimum atomic E-state index is -2.91. The van der Waals surface area contributed by atoms with Gasteiger partial charge in [0.2, 0.25) is 11.8 Å². The minimum absolute atomic E-state index is 0.0592. The van der Waals surface area contributed by atoms with Crippen LogP contribution in [-0.2, 0) is 13.1 Å². The van der Waals surface area contributed by atoms with E-state index in [2.05, 4.69) is 31.0 Å². The second-order valence-corrected chi connectivity index (χ2v) is 11.9. The molecule has 296 valence electrons. The molecule has 0 aliphatic rings. The maximum Gasteiger partial charge on any atom is 0.322 e. The minimum Gasteiger partial charge on any atom is -0.415 e. The Balaban J connectivity index is 0.000000232. The first-order valence-corrected chi connectivity index (χ1v) is 17.6. The number of nitrogens with two attached hydrogens (primary N) is 1. The smallest absolute Gasteiger partial charge is 0.322 e. The maximum absolute atomic E-state index is 14.7. The van der Waals surface area contributed by atoms with Crippen LogP contribution in [0, 0.1) is 11.6 Å². The van der Waals surface area contributed by atoms with Crippen molar-refractivity contribution in [2.75, 3.05) is 35.1 Å². The fraction of sp³-hybridized carbons (Fsp3) is 0.216. The van der Waals surface area contributed by atoms with E-state index in [1.807, 2.05) is 30.3 Å². The average molecular weight is 824 g/mol. The number of carbonyl (C=O) groups is 1. The number of aromatic nitrogens is 4. The molecule has 0 atom stereocenters. The summed E-state index contributed by atoms with van der Waals surface area (Å²) in [6, 6.07) is 26.0. The molecule has 2 aromatic heterocycles. The van der Waals surface area contributed by atoms with E-state index in [0.29, 0.717) is 30.2 Å². The van der Waals surface area contributed by atoms with Crippen molar-refractivity contribution < 1.29 is 40.0 Å². The van der Waals surface area contributed by atoms with Gasteiger partial charge in [-0.05, 0) is 48.5 Å². The number of nitrogens with zero attached hydrogens (tertiary/aromatic N) is 5. The van der Waals surface area contributed by atoms with Crippen LogP contribution in [0.2, 0.25) is 0 Å². The van der Waals surface area contributed by atoms with Crippen molar-refractivity contribution in [2.45, 2.75) is 25.9 Å². The van der Waals surface area contributed by atoms with Gasteiger partial charge in [-0.3, -0.25) is 4.90 Å². The second-order valence-electron chi connectivity index (χ2n) is 11.1. The third kappa shape index (κ3) is 12.7. The second kappa shape index (κ2) is 22.0. The van der Waals surface area contributed by atoms with Crippen LogP contribution in [0.5, 0.6) is 0 Å². The lowest BCUT2D eigenvalue weighted by Crippen LogP contribution is -2.40. The van der Waals surface area contributed by atoms with Crippen molar-refractivity contribution in [3.63, 3.8) is 0 Å². The van der Waals surface area contributed by atoms with Crippen LogP contribution in [-0.4, -0.2) is 51.3 Å². The highest BCUT2D eigenvalue weighted by Crippen LogP contribution is 2.27. The predicted octanol–water partition coefficient (Wildman–Crippen LogP) is 9.38. The van der Waals surface area contributed by atoms with Crippen LogP contribution in [0.15, 0.2) is 106 Å². The molecule has 2 amide bonds. The number of halogens is 8. The number of para-hydroxylation sites is 2. The summed E-state index contributed by atoms with van der Waals surface area (Å²) in [4.78, 5) is 13.9. The lowest BCUT2D eigenvalue weighted by molar-refractivity contribution is 0.115. The van der Waals surface area contributed by atoms with E-state index in [1.165, 1.54) is 23.1 Å². The predicted molar refractivity (Wildman–Crippen MR) is 200 cm³/mol. The van der Waals surface area contributed by atoms with Crippen molar-refractivity contribution in [3.8, 4) is 22.9 Å². The number of amides is 2. The molecule has 0 bridgehead atoms. The van der Waals surface area contributed by atoms with Gasteiger partial charge in [-0.1, -0.05) is 48.5 Å². The Morgan fingerprint density at radius 1 is 0.714 bits per heavy atom. The number of alkyl halides is 6. The average Bonchev–Trinajstić information content (AvgIpc) is 3.92. The normalized spacial score (nSPS) is 10.7. The fourth-order valence-corrected chi connectivity index (χ4v) is 4.67. The Morgan fingerprint density at radius 2 is 1.21 bits per heavy atom. The fourth-order valence-electron chi connectivity index (χ4n) is 4.57. The van der Waals surface area contributed by atoms with Crippen molar-refractivity contribution >= 4 is 40.6 Å². The van der Waals surface area contributed by atoms with E-state index < -0.39 is 42.3 Å². The molecule has 0 fully saturated rings. The van der Waals surface area contributed by atoms with Crippen LogP contribution in [0.3, 0.4) is 0 Å². The lowest BCUT2D eigenvalue weighted by atomic mass is 10.1. The van der Waals surface area contributed by atoms with Gasteiger partial charge >= 0.3 is 18.9 Å². The van der Waals surface area contributed by atoms with E-state index in [1.54, 1.807) is 42.5 Å². The summed E-state index contributed by atoms with van der Waals surface area (Å²) in [5, 5.41) is 19.2. The van der Waals surface area contributed by atoms with Gasteiger partial charge in [0.05, 0.1) is 6.54 Å². The van der Waals surface area contributed by atoms with Crippen LogP contribution in [0.25, 0.3) is 22.9 Å². The monoisotopic (exact) mass is 822 g/mol. The van der Waals surface area contributed by atoms with E-state index in [0.717, 1.165) is 11.8 Å². The molecular formula is C37H34Cl2F6N8O3. The molecule has 56 heavy (non-hydrogen) atoms. The number of carbonyl (C=O) groups excluding carboxylic acids is 1. The molecule has 19 heteroatoms. The highest BCUT2D eigenvalue weighted by Gasteiger charge is 2.21. The Labute approximate surface area is 326 Å². The summed E-state index contributed by atoms with van der Waals surface area (Å²) >= 11 is 10.7. The van der Waals surface area contributed by atoms with Crippen LogP contribution < -0.4 is 21.3 Å². The standard InChI is InChI=1S/C19H16ClF3N4O2.C16H12F3N3O.C2H6ClN/c20-8-9-24-19(28)27(14-4-2-1-3-5-14)11-13-7-6-12(10-15(13)21)17-25-26-18(29-17)16(22)23;17-13-8-10(15-21-22-16(23-15)14(18)19)6-7-11(13)9-20-12-4-2-1-3-5-12;3-1-2-4/h1-7,10,16H,8-9,11H2,(H,24,28);1-8,14,20H,9H2;1-2,4H2. The molecule has 0 saturated heterocycles. The number of urea groups is 1. The molecule has 0 aliphatic carbocycles. The number of rotatable bonds is 13. The summed E-state index contributed by atoms with van der Waals surface area (Å²) in [7, 11) is 0. The Morgan fingerprint density at radius 3 is 1.66 bits per heavy atom. The Kier molecular flexibility index (Phi) is 17.0. The number of anilines is 2. The molecule has 0 spiro atoms. The molecule has 2 heterocycles. The van der Waals surface area contributed by atoms with E-state index in [-0.39, 0.29) is 47.4 Å². The quantitative estimate of drug-likeness (QED) is 0.0766. The van der Waals surface area contributed by atoms with Gasteiger partial charge in [-0.2, -0.15) is 17.6 Å². The van der Waals surface area contributed by atoms with Gasteiger partial charge < -0.3 is 25.2 Å². The SMILES string of the molecule is Fc1cc(-c2nnc(C(F)F)o2)ccc1CNc1ccccc1.NCCCl.O=C(NCCCl)N(Cc1ccc(-c2nnc(C(F)F)o2)cc1F)c1ccccc1. The third-order valence-electron chi connectivity index (χ3n) is 7.23. The van der Waals surface area contributed by atoms with Gasteiger partial charge in [0, 0.05) is 65.0 Å². The summed E-state index contributed by atoms with van der Waals surface area (Å²) in [6.45, 7) is 1.08. The van der Waals surface area contributed by atoms with Crippen molar-refractivity contribution in [3.05, 3.63) is 132 Å². The zero-order valence-corrected chi connectivity index (χ0v) is 30.7. The summed E-state index contributed by atoms with van der Waals surface area (Å²) in [6.07, 6.45) is -5.76. The summed E-state index contributed by atoms with van der Waals surface area (Å²) < 4.78 is 88.5. The van der Waals surface area contributed by atoms with Crippen LogP contribution in [0.4, 0.5) is 42.5 Å². The number of benzene rings is 4. The molecule has 6 rings (SSSR count). The molecule has 0 aliphatic heterocycles. The molecule has 0 unspecified atom stereocenters. The molecule has 4 N–H and O–H groups in total. The molecule has 0 saturated carbocycles. The van der Waals surface area contributed by atoms with Gasteiger partial charge in [0.1, 0.15) is 11.6 Å². The molecule has 6 aromatic rings. The van der Waals surface area contributed by atoms with Crippen molar-refractivity contribution in [1.82, 2.24) is 25.7 Å². The molecular weight excluding hydrogens is 789 g/mol. The van der Waals surface area contributed by atoms with Gasteiger partial charge in [-0.25, -0.2) is 13.6 Å². The number of nitrogens with one attached hydrogen (secondary N) is 2. The van der Waals surface area contributed by atoms with Crippen molar-refractivity contribution in [1.29, 1.82) is 0 Å². The van der Waals surface area contributed by atoms with Gasteiger partial charge in [0.15, 0.2) is 0 Å². The summed E-state index contributed by atoms with van der Waals surface area (Å²) in [5.41, 5.74) is 7.40. The van der Waals surface area contributed by atoms with E-state index in [9.17, 15) is 31.1 Å².